The Bertz CT molecular complexity index is 593. The number of aryl methyl sites for hydroxylation is 2. The van der Waals surface area contributed by atoms with Crippen LogP contribution in [-0.2, 0) is 0 Å². The molecule has 0 saturated carbocycles. The van der Waals surface area contributed by atoms with Crippen LogP contribution in [0.15, 0.2) is 36.5 Å². The van der Waals surface area contributed by atoms with Crippen molar-refractivity contribution in [2.45, 2.75) is 13.8 Å². The minimum atomic E-state index is -0.254. The molecule has 0 radical (unpaired) electrons. The molecule has 0 bridgehead atoms. The third kappa shape index (κ3) is 2.66. The van der Waals surface area contributed by atoms with Crippen LogP contribution in [0.1, 0.15) is 21.6 Å². The number of nitrogens with zero attached hydrogens (tertiary/aromatic N) is 1. The van der Waals surface area contributed by atoms with Crippen LogP contribution in [-0.4, -0.2) is 10.9 Å². The maximum atomic E-state index is 12.0. The van der Waals surface area contributed by atoms with Gasteiger partial charge in [0.25, 0.3) is 5.91 Å². The van der Waals surface area contributed by atoms with Gasteiger partial charge in [0.1, 0.15) is 5.69 Å². The Hall–Kier alpha value is -2.36. The molecular formula is C14H15N3O. The first-order valence-electron chi connectivity index (χ1n) is 5.66. The molecule has 1 aromatic carbocycles. The summed E-state index contributed by atoms with van der Waals surface area (Å²) in [6.45, 7) is 3.93. The van der Waals surface area contributed by atoms with Crippen LogP contribution in [0.4, 0.5) is 11.4 Å². The Balaban J connectivity index is 2.24. The van der Waals surface area contributed by atoms with Crippen LogP contribution < -0.4 is 11.1 Å². The van der Waals surface area contributed by atoms with Gasteiger partial charge >= 0.3 is 0 Å². The quantitative estimate of drug-likeness (QED) is 0.849. The smallest absolute Gasteiger partial charge is 0.274 e. The van der Waals surface area contributed by atoms with Crippen molar-refractivity contribution in [2.24, 2.45) is 0 Å². The number of nitrogens with one attached hydrogen (secondary N) is 1. The van der Waals surface area contributed by atoms with E-state index in [1.54, 1.807) is 12.1 Å². The fraction of sp³-hybridized carbons (Fsp3) is 0.143. The summed E-state index contributed by atoms with van der Waals surface area (Å²) < 4.78 is 0. The molecule has 18 heavy (non-hydrogen) atoms. The fourth-order valence-corrected chi connectivity index (χ4v) is 1.63. The molecule has 0 unspecified atom stereocenters. The molecule has 2 aromatic rings. The van der Waals surface area contributed by atoms with Crippen molar-refractivity contribution < 1.29 is 4.79 Å². The van der Waals surface area contributed by atoms with Crippen LogP contribution in [0.2, 0.25) is 0 Å². The lowest BCUT2D eigenvalue weighted by Crippen LogP contribution is -2.14. The van der Waals surface area contributed by atoms with Crippen molar-refractivity contribution >= 4 is 17.3 Å². The minimum absolute atomic E-state index is 0.254. The molecule has 92 valence electrons. The minimum Gasteiger partial charge on any atom is -0.399 e. The first kappa shape index (κ1) is 12.1. The maximum absolute atomic E-state index is 12.0. The number of nitrogens with two attached hydrogens (primary N) is 1. The molecule has 0 aliphatic rings. The molecule has 3 N–H and O–H groups in total. The lowest BCUT2D eigenvalue weighted by Gasteiger charge is -2.09. The zero-order valence-electron chi connectivity index (χ0n) is 10.4. The summed E-state index contributed by atoms with van der Waals surface area (Å²) >= 11 is 0. The van der Waals surface area contributed by atoms with Crippen LogP contribution >= 0.6 is 0 Å². The van der Waals surface area contributed by atoms with Gasteiger partial charge in [-0.25, -0.2) is 0 Å². The molecule has 0 aliphatic heterocycles. The molecule has 0 fully saturated rings. The van der Waals surface area contributed by atoms with E-state index in [0.29, 0.717) is 11.4 Å². The van der Waals surface area contributed by atoms with Crippen molar-refractivity contribution in [1.29, 1.82) is 0 Å². The zero-order chi connectivity index (χ0) is 13.1. The average molecular weight is 241 g/mol. The lowest BCUT2D eigenvalue weighted by molar-refractivity contribution is 0.102. The number of carbonyl (C=O) groups is 1. The van der Waals surface area contributed by atoms with Crippen molar-refractivity contribution in [2.75, 3.05) is 11.1 Å². The van der Waals surface area contributed by atoms with E-state index in [9.17, 15) is 4.79 Å². The number of anilines is 2. The molecule has 1 aromatic heterocycles. The van der Waals surface area contributed by atoms with Gasteiger partial charge in [-0.15, -0.1) is 0 Å². The molecule has 0 saturated heterocycles. The highest BCUT2D eigenvalue weighted by Crippen LogP contribution is 2.17. The Morgan fingerprint density at radius 1 is 1.22 bits per heavy atom. The number of amides is 1. The van der Waals surface area contributed by atoms with Gasteiger partial charge in [0, 0.05) is 17.6 Å². The fourth-order valence-electron chi connectivity index (χ4n) is 1.63. The van der Waals surface area contributed by atoms with Crippen LogP contribution in [0.25, 0.3) is 0 Å². The number of hydrogen-bond donors (Lipinski definition) is 2. The molecule has 4 nitrogen and oxygen atoms in total. The highest BCUT2D eigenvalue weighted by atomic mass is 16.1. The molecule has 0 atom stereocenters. The standard InChI is InChI=1S/C14H15N3O/c1-9-3-4-10(2)12(7-9)17-14(18)13-8-11(15)5-6-16-13/h3-8H,1-2H3,(H2,15,16)(H,17,18). The van der Waals surface area contributed by atoms with Crippen LogP contribution in [0.3, 0.4) is 0 Å². The van der Waals surface area contributed by atoms with E-state index in [-0.39, 0.29) is 5.91 Å². The molecule has 0 spiro atoms. The van der Waals surface area contributed by atoms with Crippen molar-refractivity contribution in [3.63, 3.8) is 0 Å². The topological polar surface area (TPSA) is 68.0 Å². The lowest BCUT2D eigenvalue weighted by atomic mass is 10.1. The average Bonchev–Trinajstić information content (AvgIpc) is 2.34. The van der Waals surface area contributed by atoms with Crippen molar-refractivity contribution in [3.05, 3.63) is 53.3 Å². The van der Waals surface area contributed by atoms with Crippen molar-refractivity contribution in [3.8, 4) is 0 Å². The third-order valence-electron chi connectivity index (χ3n) is 2.66. The monoisotopic (exact) mass is 241 g/mol. The van der Waals surface area contributed by atoms with E-state index in [2.05, 4.69) is 10.3 Å². The first-order chi connectivity index (χ1) is 8.56. The summed E-state index contributed by atoms with van der Waals surface area (Å²) in [6, 6.07) is 9.11. The van der Waals surface area contributed by atoms with Gasteiger partial charge in [0.2, 0.25) is 0 Å². The SMILES string of the molecule is Cc1ccc(C)c(NC(=O)c2cc(N)ccn2)c1. The summed E-state index contributed by atoms with van der Waals surface area (Å²) in [6.07, 6.45) is 1.52. The second-order valence-corrected chi connectivity index (χ2v) is 4.25. The van der Waals surface area contributed by atoms with Gasteiger partial charge in [-0.1, -0.05) is 12.1 Å². The van der Waals surface area contributed by atoms with Crippen LogP contribution in [0, 0.1) is 13.8 Å². The number of carbonyl (C=O) groups excluding carboxylic acids is 1. The Kier molecular flexibility index (Phi) is 3.28. The summed E-state index contributed by atoms with van der Waals surface area (Å²) in [5.74, 6) is -0.254. The van der Waals surface area contributed by atoms with E-state index in [0.717, 1.165) is 16.8 Å². The second-order valence-electron chi connectivity index (χ2n) is 4.25. The number of nitrogen functional groups attached to an aromatic ring is 1. The normalized spacial score (nSPS) is 10.1. The first-order valence-corrected chi connectivity index (χ1v) is 5.66. The van der Waals surface area contributed by atoms with Gasteiger partial charge in [-0.2, -0.15) is 0 Å². The number of benzene rings is 1. The Morgan fingerprint density at radius 2 is 2.00 bits per heavy atom. The zero-order valence-corrected chi connectivity index (χ0v) is 10.4. The van der Waals surface area contributed by atoms with Gasteiger partial charge in [0.05, 0.1) is 0 Å². The summed E-state index contributed by atoms with van der Waals surface area (Å²) in [5.41, 5.74) is 9.37. The van der Waals surface area contributed by atoms with Gasteiger partial charge in [-0.3, -0.25) is 9.78 Å². The largest absolute Gasteiger partial charge is 0.399 e. The van der Waals surface area contributed by atoms with Gasteiger partial charge in [-0.05, 0) is 43.2 Å². The van der Waals surface area contributed by atoms with Crippen molar-refractivity contribution in [1.82, 2.24) is 4.98 Å². The molecule has 2 rings (SSSR count). The predicted octanol–water partition coefficient (Wildman–Crippen LogP) is 2.53. The molecule has 4 heteroatoms. The number of aromatic nitrogens is 1. The van der Waals surface area contributed by atoms with E-state index in [4.69, 9.17) is 5.73 Å². The summed E-state index contributed by atoms with van der Waals surface area (Å²) in [4.78, 5) is 16.0. The van der Waals surface area contributed by atoms with Gasteiger partial charge < -0.3 is 11.1 Å². The maximum Gasteiger partial charge on any atom is 0.274 e. The Morgan fingerprint density at radius 3 is 2.72 bits per heavy atom. The van der Waals surface area contributed by atoms with E-state index in [1.807, 2.05) is 32.0 Å². The third-order valence-corrected chi connectivity index (χ3v) is 2.66. The molecule has 1 amide bonds. The van der Waals surface area contributed by atoms with E-state index >= 15 is 0 Å². The number of rotatable bonds is 2. The predicted molar refractivity (Wildman–Crippen MR) is 72.5 cm³/mol. The highest BCUT2D eigenvalue weighted by molar-refractivity contribution is 6.03. The Labute approximate surface area is 106 Å². The van der Waals surface area contributed by atoms with Crippen LogP contribution in [0.5, 0.6) is 0 Å². The summed E-state index contributed by atoms with van der Waals surface area (Å²) in [7, 11) is 0. The van der Waals surface area contributed by atoms with E-state index in [1.165, 1.54) is 6.20 Å². The second kappa shape index (κ2) is 4.87. The highest BCUT2D eigenvalue weighted by Gasteiger charge is 2.09. The van der Waals surface area contributed by atoms with E-state index < -0.39 is 0 Å². The van der Waals surface area contributed by atoms with Gasteiger partial charge in [0.15, 0.2) is 0 Å². The molecule has 0 aliphatic carbocycles. The molecular weight excluding hydrogens is 226 g/mol. The number of pyridine rings is 1. The number of hydrogen-bond acceptors (Lipinski definition) is 3. The molecule has 1 heterocycles. The summed E-state index contributed by atoms with van der Waals surface area (Å²) in [5, 5.41) is 2.84.